The number of esters is 1. The maximum Gasteiger partial charge on any atom is 0.344 e. The number of rotatable bonds is 4. The largest absolute Gasteiger partial charge is 0.486 e. The Morgan fingerprint density at radius 3 is 2.42 bits per heavy atom. The highest BCUT2D eigenvalue weighted by Gasteiger charge is 2.24. The standard InChI is InChI=1S/C18H15F2NO5/c1-10(26-18(23)16-12(19)3-2-4-13(16)20)17(22)21-11-5-6-14-15(9-11)25-8-7-24-14/h2-6,9-10H,7-8H2,1H3,(H,21,22)/t10-/m0/s1. The lowest BCUT2D eigenvalue weighted by atomic mass is 10.2. The summed E-state index contributed by atoms with van der Waals surface area (Å²) in [6, 6.07) is 7.78. The summed E-state index contributed by atoms with van der Waals surface area (Å²) < 4.78 is 42.8. The molecule has 0 aliphatic carbocycles. The number of hydrogen-bond acceptors (Lipinski definition) is 5. The quantitative estimate of drug-likeness (QED) is 0.846. The van der Waals surface area contributed by atoms with Crippen LogP contribution in [0.25, 0.3) is 0 Å². The highest BCUT2D eigenvalue weighted by molar-refractivity contribution is 5.97. The summed E-state index contributed by atoms with van der Waals surface area (Å²) in [7, 11) is 0. The molecule has 1 heterocycles. The second-order valence-corrected chi connectivity index (χ2v) is 5.49. The van der Waals surface area contributed by atoms with Crippen LogP contribution in [0.15, 0.2) is 36.4 Å². The fourth-order valence-corrected chi connectivity index (χ4v) is 2.33. The molecule has 2 aromatic rings. The van der Waals surface area contributed by atoms with Crippen LogP contribution >= 0.6 is 0 Å². The molecule has 3 rings (SSSR count). The first-order chi connectivity index (χ1) is 12.5. The number of benzene rings is 2. The van der Waals surface area contributed by atoms with E-state index in [2.05, 4.69) is 5.32 Å². The molecule has 6 nitrogen and oxygen atoms in total. The van der Waals surface area contributed by atoms with Crippen LogP contribution in [0.1, 0.15) is 17.3 Å². The van der Waals surface area contributed by atoms with Gasteiger partial charge in [-0.25, -0.2) is 13.6 Å². The van der Waals surface area contributed by atoms with Crippen molar-refractivity contribution in [1.82, 2.24) is 0 Å². The summed E-state index contributed by atoms with van der Waals surface area (Å²) >= 11 is 0. The minimum atomic E-state index is -1.27. The zero-order chi connectivity index (χ0) is 18.7. The molecule has 136 valence electrons. The predicted molar refractivity (Wildman–Crippen MR) is 87.3 cm³/mol. The molecule has 26 heavy (non-hydrogen) atoms. The molecule has 0 bridgehead atoms. The highest BCUT2D eigenvalue weighted by Crippen LogP contribution is 2.32. The Balaban J connectivity index is 1.65. The Kier molecular flexibility index (Phi) is 5.01. The summed E-state index contributed by atoms with van der Waals surface area (Å²) in [5.74, 6) is -3.00. The van der Waals surface area contributed by atoms with Gasteiger partial charge < -0.3 is 19.5 Å². The summed E-state index contributed by atoms with van der Waals surface area (Å²) in [5.41, 5.74) is -0.439. The van der Waals surface area contributed by atoms with Crippen LogP contribution in [0.5, 0.6) is 11.5 Å². The highest BCUT2D eigenvalue weighted by atomic mass is 19.1. The summed E-state index contributed by atoms with van der Waals surface area (Å²) in [5, 5.41) is 2.54. The van der Waals surface area contributed by atoms with Crippen LogP contribution in [0.3, 0.4) is 0 Å². The number of carbonyl (C=O) groups is 2. The second kappa shape index (κ2) is 7.38. The van der Waals surface area contributed by atoms with Crippen LogP contribution in [-0.4, -0.2) is 31.2 Å². The van der Waals surface area contributed by atoms with Crippen molar-refractivity contribution in [2.75, 3.05) is 18.5 Å². The Morgan fingerprint density at radius 1 is 1.08 bits per heavy atom. The van der Waals surface area contributed by atoms with Gasteiger partial charge in [0.2, 0.25) is 0 Å². The topological polar surface area (TPSA) is 73.9 Å². The van der Waals surface area contributed by atoms with E-state index in [4.69, 9.17) is 14.2 Å². The minimum Gasteiger partial charge on any atom is -0.486 e. The van der Waals surface area contributed by atoms with Gasteiger partial charge in [-0.2, -0.15) is 0 Å². The molecule has 1 N–H and O–H groups in total. The van der Waals surface area contributed by atoms with Gasteiger partial charge in [-0.1, -0.05) is 6.07 Å². The molecule has 1 aliphatic heterocycles. The van der Waals surface area contributed by atoms with Crippen LogP contribution in [0, 0.1) is 11.6 Å². The number of nitrogens with one attached hydrogen (secondary N) is 1. The van der Waals surface area contributed by atoms with E-state index in [1.807, 2.05) is 0 Å². The molecule has 0 saturated heterocycles. The molecule has 0 radical (unpaired) electrons. The molecule has 0 aromatic heterocycles. The number of anilines is 1. The van der Waals surface area contributed by atoms with E-state index < -0.39 is 35.2 Å². The van der Waals surface area contributed by atoms with Gasteiger partial charge in [0, 0.05) is 11.8 Å². The average molecular weight is 363 g/mol. The monoisotopic (exact) mass is 363 g/mol. The van der Waals surface area contributed by atoms with Gasteiger partial charge in [0.1, 0.15) is 30.4 Å². The molecule has 1 aliphatic rings. The lowest BCUT2D eigenvalue weighted by Gasteiger charge is -2.19. The van der Waals surface area contributed by atoms with Gasteiger partial charge >= 0.3 is 5.97 Å². The lowest BCUT2D eigenvalue weighted by Crippen LogP contribution is -2.30. The third-order valence-electron chi connectivity index (χ3n) is 3.63. The van der Waals surface area contributed by atoms with Crippen molar-refractivity contribution in [2.45, 2.75) is 13.0 Å². The first-order valence-corrected chi connectivity index (χ1v) is 7.81. The molecule has 0 unspecified atom stereocenters. The fourth-order valence-electron chi connectivity index (χ4n) is 2.33. The number of fused-ring (bicyclic) bond motifs is 1. The average Bonchev–Trinajstić information content (AvgIpc) is 2.61. The van der Waals surface area contributed by atoms with E-state index in [-0.39, 0.29) is 0 Å². The van der Waals surface area contributed by atoms with Crippen molar-refractivity contribution in [1.29, 1.82) is 0 Å². The van der Waals surface area contributed by atoms with Crippen molar-refractivity contribution in [3.63, 3.8) is 0 Å². The molecule has 2 aromatic carbocycles. The Labute approximate surface area is 147 Å². The number of ether oxygens (including phenoxy) is 3. The molecule has 1 amide bonds. The smallest absolute Gasteiger partial charge is 0.344 e. The Morgan fingerprint density at radius 2 is 1.73 bits per heavy atom. The number of hydrogen-bond donors (Lipinski definition) is 1. The van der Waals surface area contributed by atoms with Gasteiger partial charge in [-0.15, -0.1) is 0 Å². The van der Waals surface area contributed by atoms with Gasteiger partial charge in [-0.05, 0) is 31.2 Å². The first kappa shape index (κ1) is 17.7. The van der Waals surface area contributed by atoms with Crippen LogP contribution in [0.2, 0.25) is 0 Å². The fraction of sp³-hybridized carbons (Fsp3) is 0.222. The number of carbonyl (C=O) groups excluding carboxylic acids is 2. The number of amides is 1. The van der Waals surface area contributed by atoms with Crippen molar-refractivity contribution >= 4 is 17.6 Å². The van der Waals surface area contributed by atoms with Gasteiger partial charge in [0.05, 0.1) is 0 Å². The zero-order valence-electron chi connectivity index (χ0n) is 13.8. The molecule has 0 spiro atoms. The van der Waals surface area contributed by atoms with E-state index in [1.165, 1.54) is 6.92 Å². The molecule has 1 atom stereocenters. The maximum atomic E-state index is 13.6. The lowest BCUT2D eigenvalue weighted by molar-refractivity contribution is -0.123. The number of halogens is 2. The molecular formula is C18H15F2NO5. The van der Waals surface area contributed by atoms with E-state index >= 15 is 0 Å². The van der Waals surface area contributed by atoms with Crippen LogP contribution < -0.4 is 14.8 Å². The Hall–Kier alpha value is -3.16. The van der Waals surface area contributed by atoms with Crippen LogP contribution in [0.4, 0.5) is 14.5 Å². The van der Waals surface area contributed by atoms with E-state index in [0.29, 0.717) is 30.4 Å². The zero-order valence-corrected chi connectivity index (χ0v) is 13.8. The van der Waals surface area contributed by atoms with E-state index in [0.717, 1.165) is 18.2 Å². The van der Waals surface area contributed by atoms with Gasteiger partial charge in [0.25, 0.3) is 5.91 Å². The van der Waals surface area contributed by atoms with Crippen molar-refractivity contribution in [3.05, 3.63) is 53.6 Å². The van der Waals surface area contributed by atoms with Crippen molar-refractivity contribution in [3.8, 4) is 11.5 Å². The van der Waals surface area contributed by atoms with E-state index in [1.54, 1.807) is 18.2 Å². The van der Waals surface area contributed by atoms with Crippen molar-refractivity contribution < 1.29 is 32.6 Å². The van der Waals surface area contributed by atoms with Crippen LogP contribution in [-0.2, 0) is 9.53 Å². The first-order valence-electron chi connectivity index (χ1n) is 7.81. The summed E-state index contributed by atoms with van der Waals surface area (Å²) in [4.78, 5) is 24.1. The van der Waals surface area contributed by atoms with Crippen molar-refractivity contribution in [2.24, 2.45) is 0 Å². The summed E-state index contributed by atoms with van der Waals surface area (Å²) in [6.07, 6.45) is -1.27. The SMILES string of the molecule is C[C@H](OC(=O)c1c(F)cccc1F)C(=O)Nc1ccc2c(c1)OCCO2. The minimum absolute atomic E-state index is 0.395. The van der Waals surface area contributed by atoms with Gasteiger partial charge in [0.15, 0.2) is 17.6 Å². The van der Waals surface area contributed by atoms with E-state index in [9.17, 15) is 18.4 Å². The summed E-state index contributed by atoms with van der Waals surface area (Å²) in [6.45, 7) is 2.13. The molecular weight excluding hydrogens is 348 g/mol. The Bertz CT molecular complexity index is 835. The normalized spacial score (nSPS) is 13.7. The molecule has 0 fully saturated rings. The third kappa shape index (κ3) is 3.74. The van der Waals surface area contributed by atoms with Gasteiger partial charge in [-0.3, -0.25) is 4.79 Å². The third-order valence-corrected chi connectivity index (χ3v) is 3.63. The maximum absolute atomic E-state index is 13.6. The molecule has 0 saturated carbocycles. The molecule has 8 heteroatoms. The second-order valence-electron chi connectivity index (χ2n) is 5.49. The predicted octanol–water partition coefficient (Wildman–Crippen LogP) is 2.92.